The Bertz CT molecular complexity index is 969. The molecule has 1 fully saturated rings. The van der Waals surface area contributed by atoms with Crippen molar-refractivity contribution in [3.05, 3.63) is 65.7 Å². The van der Waals surface area contributed by atoms with Gasteiger partial charge in [-0.3, -0.25) is 9.59 Å². The van der Waals surface area contributed by atoms with Gasteiger partial charge in [0.2, 0.25) is 5.91 Å². The molecule has 1 aliphatic rings. The van der Waals surface area contributed by atoms with Crippen LogP contribution >= 0.6 is 0 Å². The lowest BCUT2D eigenvalue weighted by atomic mass is 10.1. The summed E-state index contributed by atoms with van der Waals surface area (Å²) < 4.78 is 5.26. The Morgan fingerprint density at radius 1 is 1.14 bits per heavy atom. The van der Waals surface area contributed by atoms with Crippen LogP contribution < -0.4 is 10.6 Å². The van der Waals surface area contributed by atoms with Gasteiger partial charge in [-0.2, -0.15) is 4.98 Å². The van der Waals surface area contributed by atoms with Crippen LogP contribution in [0.25, 0.3) is 11.5 Å². The van der Waals surface area contributed by atoms with Gasteiger partial charge in [0.1, 0.15) is 0 Å². The third-order valence-corrected chi connectivity index (χ3v) is 4.42. The van der Waals surface area contributed by atoms with E-state index in [1.807, 2.05) is 42.5 Å². The van der Waals surface area contributed by atoms with Crippen LogP contribution in [-0.2, 0) is 11.3 Å². The molecule has 8 heteroatoms. The number of nitrogens with one attached hydrogen (secondary N) is 2. The van der Waals surface area contributed by atoms with Crippen molar-refractivity contribution in [2.24, 2.45) is 0 Å². The smallest absolute Gasteiger partial charge is 0.264 e. The maximum absolute atomic E-state index is 12.5. The lowest BCUT2D eigenvalue weighted by molar-refractivity contribution is -0.123. The fourth-order valence-electron chi connectivity index (χ4n) is 2.93. The van der Waals surface area contributed by atoms with Gasteiger partial charge in [-0.05, 0) is 35.0 Å². The molecular formula is C20H19N5O3. The molecule has 0 spiro atoms. The second-order valence-electron chi connectivity index (χ2n) is 6.42. The molecule has 0 aliphatic carbocycles. The average Bonchev–Trinajstić information content (AvgIpc) is 3.22. The molecule has 0 radical (unpaired) electrons. The normalized spacial score (nSPS) is 13.9. The number of carbonyl (C=O) groups is 2. The fourth-order valence-corrected chi connectivity index (χ4v) is 2.93. The van der Waals surface area contributed by atoms with Gasteiger partial charge in [0.05, 0.1) is 6.54 Å². The highest BCUT2D eigenvalue weighted by Crippen LogP contribution is 2.18. The van der Waals surface area contributed by atoms with Crippen LogP contribution in [0.4, 0.5) is 5.95 Å². The van der Waals surface area contributed by atoms with Crippen molar-refractivity contribution < 1.29 is 14.1 Å². The largest absolute Gasteiger partial charge is 0.353 e. The first-order valence-electron chi connectivity index (χ1n) is 8.97. The highest BCUT2D eigenvalue weighted by atomic mass is 16.5. The summed E-state index contributed by atoms with van der Waals surface area (Å²) in [5, 5.41) is 9.74. The molecule has 2 amide bonds. The topological polar surface area (TPSA) is 100 Å². The molecule has 3 aromatic rings. The van der Waals surface area contributed by atoms with Crippen LogP contribution in [0.15, 0.2) is 59.1 Å². The van der Waals surface area contributed by atoms with Crippen LogP contribution in [0, 0.1) is 0 Å². The van der Waals surface area contributed by atoms with Gasteiger partial charge < -0.3 is 20.1 Å². The molecule has 28 heavy (non-hydrogen) atoms. The molecule has 1 aliphatic heterocycles. The SMILES string of the molecule is O=C1CN(C(=O)c2ccc(CNc3noc(-c4ccccc4)n3)cc2)CCN1. The van der Waals surface area contributed by atoms with Gasteiger partial charge in [0.15, 0.2) is 0 Å². The first-order chi connectivity index (χ1) is 13.7. The number of carbonyl (C=O) groups excluding carboxylic acids is 2. The van der Waals surface area contributed by atoms with E-state index in [4.69, 9.17) is 4.52 Å². The lowest BCUT2D eigenvalue weighted by Gasteiger charge is -2.26. The van der Waals surface area contributed by atoms with E-state index in [1.165, 1.54) is 0 Å². The fraction of sp³-hybridized carbons (Fsp3) is 0.200. The Labute approximate surface area is 161 Å². The van der Waals surface area contributed by atoms with Gasteiger partial charge in [0, 0.05) is 30.8 Å². The quantitative estimate of drug-likeness (QED) is 0.705. The van der Waals surface area contributed by atoms with Gasteiger partial charge in [-0.25, -0.2) is 0 Å². The molecule has 2 N–H and O–H groups in total. The van der Waals surface area contributed by atoms with E-state index < -0.39 is 0 Å². The van der Waals surface area contributed by atoms with Gasteiger partial charge >= 0.3 is 0 Å². The highest BCUT2D eigenvalue weighted by Gasteiger charge is 2.22. The molecule has 0 unspecified atom stereocenters. The molecule has 0 saturated carbocycles. The summed E-state index contributed by atoms with van der Waals surface area (Å²) in [7, 11) is 0. The van der Waals surface area contributed by atoms with Crippen LogP contribution in [0.3, 0.4) is 0 Å². The van der Waals surface area contributed by atoms with Crippen LogP contribution in [-0.4, -0.2) is 46.5 Å². The first-order valence-corrected chi connectivity index (χ1v) is 8.97. The van der Waals surface area contributed by atoms with E-state index >= 15 is 0 Å². The number of aromatic nitrogens is 2. The van der Waals surface area contributed by atoms with E-state index in [-0.39, 0.29) is 18.4 Å². The predicted octanol–water partition coefficient (Wildman–Crippen LogP) is 1.92. The number of piperazine rings is 1. The second-order valence-corrected chi connectivity index (χ2v) is 6.42. The molecule has 0 bridgehead atoms. The lowest BCUT2D eigenvalue weighted by Crippen LogP contribution is -2.49. The van der Waals surface area contributed by atoms with E-state index in [0.29, 0.717) is 37.0 Å². The summed E-state index contributed by atoms with van der Waals surface area (Å²) in [6.07, 6.45) is 0. The minimum absolute atomic E-state index is 0.101. The number of nitrogens with zero attached hydrogens (tertiary/aromatic N) is 3. The van der Waals surface area contributed by atoms with Crippen molar-refractivity contribution in [2.75, 3.05) is 25.0 Å². The Morgan fingerprint density at radius 3 is 2.68 bits per heavy atom. The highest BCUT2D eigenvalue weighted by molar-refractivity contribution is 5.97. The van der Waals surface area contributed by atoms with Gasteiger partial charge in [0.25, 0.3) is 17.7 Å². The van der Waals surface area contributed by atoms with Crippen molar-refractivity contribution in [3.8, 4) is 11.5 Å². The molecule has 8 nitrogen and oxygen atoms in total. The van der Waals surface area contributed by atoms with E-state index in [0.717, 1.165) is 11.1 Å². The Kier molecular flexibility index (Phi) is 5.01. The van der Waals surface area contributed by atoms with Gasteiger partial charge in [-0.1, -0.05) is 30.3 Å². The van der Waals surface area contributed by atoms with Crippen molar-refractivity contribution in [2.45, 2.75) is 6.54 Å². The zero-order valence-electron chi connectivity index (χ0n) is 15.1. The third-order valence-electron chi connectivity index (χ3n) is 4.42. The summed E-state index contributed by atoms with van der Waals surface area (Å²) in [6, 6.07) is 16.8. The van der Waals surface area contributed by atoms with Crippen LogP contribution in [0.5, 0.6) is 0 Å². The number of hydrogen-bond donors (Lipinski definition) is 2. The summed E-state index contributed by atoms with van der Waals surface area (Å²) in [5.74, 6) is 0.586. The summed E-state index contributed by atoms with van der Waals surface area (Å²) in [5.41, 5.74) is 2.39. The molecule has 2 aromatic carbocycles. The number of rotatable bonds is 5. The number of amides is 2. The van der Waals surface area contributed by atoms with Crippen molar-refractivity contribution in [1.29, 1.82) is 0 Å². The number of anilines is 1. The van der Waals surface area contributed by atoms with Crippen molar-refractivity contribution >= 4 is 17.8 Å². The minimum atomic E-state index is -0.139. The Balaban J connectivity index is 1.35. The Morgan fingerprint density at radius 2 is 1.93 bits per heavy atom. The van der Waals surface area contributed by atoms with E-state index in [2.05, 4.69) is 20.8 Å². The minimum Gasteiger partial charge on any atom is -0.353 e. The summed E-state index contributed by atoms with van der Waals surface area (Å²) >= 11 is 0. The van der Waals surface area contributed by atoms with E-state index in [1.54, 1.807) is 17.0 Å². The number of hydrogen-bond acceptors (Lipinski definition) is 6. The predicted molar refractivity (Wildman–Crippen MR) is 102 cm³/mol. The molecule has 142 valence electrons. The second kappa shape index (κ2) is 7.91. The van der Waals surface area contributed by atoms with Crippen molar-refractivity contribution in [3.63, 3.8) is 0 Å². The molecular weight excluding hydrogens is 358 g/mol. The van der Waals surface area contributed by atoms with Crippen LogP contribution in [0.1, 0.15) is 15.9 Å². The first kappa shape index (κ1) is 17.7. The number of benzene rings is 2. The molecule has 0 atom stereocenters. The monoisotopic (exact) mass is 377 g/mol. The average molecular weight is 377 g/mol. The zero-order valence-corrected chi connectivity index (χ0v) is 15.1. The van der Waals surface area contributed by atoms with Gasteiger partial charge in [-0.15, -0.1) is 0 Å². The zero-order chi connectivity index (χ0) is 19.3. The summed E-state index contributed by atoms with van der Waals surface area (Å²) in [6.45, 7) is 1.61. The van der Waals surface area contributed by atoms with Crippen LogP contribution in [0.2, 0.25) is 0 Å². The molecule has 1 saturated heterocycles. The maximum Gasteiger partial charge on any atom is 0.264 e. The maximum atomic E-state index is 12.5. The third kappa shape index (κ3) is 4.01. The molecule has 2 heterocycles. The standard InChI is InChI=1S/C20H19N5O3/c26-17-13-25(11-10-21-17)19(27)16-8-6-14(7-9-16)12-22-20-23-18(28-24-20)15-4-2-1-3-5-15/h1-9H,10-13H2,(H,21,26)(H,22,24). The summed E-state index contributed by atoms with van der Waals surface area (Å²) in [4.78, 5) is 29.8. The Hall–Kier alpha value is -3.68. The molecule has 4 rings (SSSR count). The molecule has 1 aromatic heterocycles. The van der Waals surface area contributed by atoms with E-state index in [9.17, 15) is 9.59 Å². The van der Waals surface area contributed by atoms with Crippen molar-refractivity contribution in [1.82, 2.24) is 20.4 Å².